The zero-order valence-corrected chi connectivity index (χ0v) is 16.2. The molecule has 2 rings (SSSR count). The van der Waals surface area contributed by atoms with Crippen LogP contribution >= 0.6 is 0 Å². The van der Waals surface area contributed by atoms with E-state index in [9.17, 15) is 18.8 Å². The van der Waals surface area contributed by atoms with Crippen LogP contribution in [0.4, 0.5) is 4.39 Å². The summed E-state index contributed by atoms with van der Waals surface area (Å²) >= 11 is 0. The van der Waals surface area contributed by atoms with Crippen LogP contribution in [0.5, 0.6) is 0 Å². The summed E-state index contributed by atoms with van der Waals surface area (Å²) in [5, 5.41) is 2.67. The molecule has 0 heterocycles. The SMILES string of the molecule is COC(=O)c1ccc(/C=C/C(=O)O[C@H](C)C(=O)NCCc2ccc(F)cc2)cc1. The molecule has 0 saturated carbocycles. The smallest absolute Gasteiger partial charge is 0.337 e. The Morgan fingerprint density at radius 1 is 1.07 bits per heavy atom. The molecule has 0 radical (unpaired) electrons. The molecule has 2 aromatic rings. The Hall–Kier alpha value is -3.48. The van der Waals surface area contributed by atoms with Crippen molar-refractivity contribution in [3.8, 4) is 0 Å². The van der Waals surface area contributed by atoms with Crippen LogP contribution in [0.25, 0.3) is 6.08 Å². The van der Waals surface area contributed by atoms with E-state index in [0.717, 1.165) is 5.56 Å². The summed E-state index contributed by atoms with van der Waals surface area (Å²) < 4.78 is 22.5. The fourth-order valence-corrected chi connectivity index (χ4v) is 2.40. The summed E-state index contributed by atoms with van der Waals surface area (Å²) in [5.41, 5.74) is 1.97. The maximum Gasteiger partial charge on any atom is 0.337 e. The summed E-state index contributed by atoms with van der Waals surface area (Å²) in [6.45, 7) is 1.82. The monoisotopic (exact) mass is 399 g/mol. The van der Waals surface area contributed by atoms with Gasteiger partial charge in [0.1, 0.15) is 5.82 Å². The number of nitrogens with one attached hydrogen (secondary N) is 1. The third-order valence-electron chi connectivity index (χ3n) is 4.03. The lowest BCUT2D eigenvalue weighted by molar-refractivity contribution is -0.150. The van der Waals surface area contributed by atoms with Crippen molar-refractivity contribution in [2.75, 3.05) is 13.7 Å². The molecule has 6 nitrogen and oxygen atoms in total. The predicted octanol–water partition coefficient (Wildman–Crippen LogP) is 2.92. The van der Waals surface area contributed by atoms with E-state index < -0.39 is 23.9 Å². The predicted molar refractivity (Wildman–Crippen MR) is 105 cm³/mol. The third-order valence-corrected chi connectivity index (χ3v) is 4.03. The second kappa shape index (κ2) is 10.8. The van der Waals surface area contributed by atoms with Crippen LogP contribution in [-0.4, -0.2) is 37.6 Å². The lowest BCUT2D eigenvalue weighted by Gasteiger charge is -2.12. The molecule has 0 aromatic heterocycles. The summed E-state index contributed by atoms with van der Waals surface area (Å²) in [4.78, 5) is 35.3. The maximum absolute atomic E-state index is 12.9. The Labute approximate surface area is 168 Å². The zero-order valence-electron chi connectivity index (χ0n) is 16.2. The highest BCUT2D eigenvalue weighted by molar-refractivity contribution is 5.91. The summed E-state index contributed by atoms with van der Waals surface area (Å²) in [7, 11) is 1.30. The minimum Gasteiger partial charge on any atom is -0.465 e. The molecule has 29 heavy (non-hydrogen) atoms. The molecule has 0 aliphatic rings. The number of halogens is 1. The second-order valence-electron chi connectivity index (χ2n) is 6.19. The number of methoxy groups -OCH3 is 1. The summed E-state index contributed by atoms with van der Waals surface area (Å²) in [6, 6.07) is 12.5. The van der Waals surface area contributed by atoms with Crippen LogP contribution in [0.15, 0.2) is 54.6 Å². The fourth-order valence-electron chi connectivity index (χ4n) is 2.40. The molecule has 0 bridgehead atoms. The average molecular weight is 399 g/mol. The van der Waals surface area contributed by atoms with Crippen molar-refractivity contribution in [2.24, 2.45) is 0 Å². The van der Waals surface area contributed by atoms with Crippen molar-refractivity contribution in [3.05, 3.63) is 77.1 Å². The highest BCUT2D eigenvalue weighted by atomic mass is 19.1. The maximum atomic E-state index is 12.9. The number of hydrogen-bond donors (Lipinski definition) is 1. The van der Waals surface area contributed by atoms with Crippen molar-refractivity contribution in [2.45, 2.75) is 19.4 Å². The first-order chi connectivity index (χ1) is 13.9. The highest BCUT2D eigenvalue weighted by Gasteiger charge is 2.15. The van der Waals surface area contributed by atoms with Gasteiger partial charge in [0.25, 0.3) is 5.91 Å². The Bertz CT molecular complexity index is 875. The molecule has 7 heteroatoms. The third kappa shape index (κ3) is 7.21. The van der Waals surface area contributed by atoms with Crippen LogP contribution in [-0.2, 0) is 25.5 Å². The van der Waals surface area contributed by atoms with Crippen molar-refractivity contribution in [3.63, 3.8) is 0 Å². The number of hydrogen-bond acceptors (Lipinski definition) is 5. The van der Waals surface area contributed by atoms with Gasteiger partial charge in [-0.1, -0.05) is 24.3 Å². The van der Waals surface area contributed by atoms with Gasteiger partial charge < -0.3 is 14.8 Å². The lowest BCUT2D eigenvalue weighted by atomic mass is 10.1. The topological polar surface area (TPSA) is 81.7 Å². The van der Waals surface area contributed by atoms with E-state index in [1.54, 1.807) is 36.4 Å². The number of rotatable bonds is 8. The Morgan fingerprint density at radius 3 is 2.34 bits per heavy atom. The fraction of sp³-hybridized carbons (Fsp3) is 0.227. The van der Waals surface area contributed by atoms with Gasteiger partial charge >= 0.3 is 11.9 Å². The molecule has 0 unspecified atom stereocenters. The van der Waals surface area contributed by atoms with Gasteiger partial charge in [-0.15, -0.1) is 0 Å². The van der Waals surface area contributed by atoms with Crippen molar-refractivity contribution < 1.29 is 28.2 Å². The molecule has 0 spiro atoms. The lowest BCUT2D eigenvalue weighted by Crippen LogP contribution is -2.36. The van der Waals surface area contributed by atoms with E-state index in [-0.39, 0.29) is 5.82 Å². The molecule has 1 atom stereocenters. The number of carbonyl (C=O) groups is 3. The zero-order chi connectivity index (χ0) is 21.2. The molecule has 0 aliphatic heterocycles. The van der Waals surface area contributed by atoms with E-state index >= 15 is 0 Å². The molecule has 1 N–H and O–H groups in total. The van der Waals surface area contributed by atoms with E-state index in [1.807, 2.05) is 0 Å². The molecule has 152 valence electrons. The van der Waals surface area contributed by atoms with Crippen molar-refractivity contribution in [1.82, 2.24) is 5.32 Å². The molecule has 2 aromatic carbocycles. The van der Waals surface area contributed by atoms with Gasteiger partial charge in [-0.05, 0) is 54.8 Å². The van der Waals surface area contributed by atoms with E-state index in [1.165, 1.54) is 38.3 Å². The molecular weight excluding hydrogens is 377 g/mol. The highest BCUT2D eigenvalue weighted by Crippen LogP contribution is 2.08. The van der Waals surface area contributed by atoms with Crippen molar-refractivity contribution in [1.29, 1.82) is 0 Å². The Morgan fingerprint density at radius 2 is 1.72 bits per heavy atom. The quantitative estimate of drug-likeness (QED) is 0.545. The number of carbonyl (C=O) groups excluding carboxylic acids is 3. The van der Waals surface area contributed by atoms with Gasteiger partial charge in [-0.25, -0.2) is 14.0 Å². The minimum atomic E-state index is -0.956. The van der Waals surface area contributed by atoms with E-state index in [4.69, 9.17) is 4.74 Å². The van der Waals surface area contributed by atoms with E-state index in [0.29, 0.717) is 24.1 Å². The molecular formula is C22H22FNO5. The Balaban J connectivity index is 1.76. The molecule has 0 fully saturated rings. The van der Waals surface area contributed by atoms with Gasteiger partial charge in [0.15, 0.2) is 6.10 Å². The molecule has 1 amide bonds. The largest absolute Gasteiger partial charge is 0.465 e. The van der Waals surface area contributed by atoms with Crippen molar-refractivity contribution >= 4 is 23.9 Å². The van der Waals surface area contributed by atoms with Crippen LogP contribution in [0, 0.1) is 5.82 Å². The number of esters is 2. The summed E-state index contributed by atoms with van der Waals surface area (Å²) in [6.07, 6.45) is 2.30. The van der Waals surface area contributed by atoms with Gasteiger partial charge in [0.05, 0.1) is 12.7 Å². The normalized spacial score (nSPS) is 11.7. The number of benzene rings is 2. The van der Waals surface area contributed by atoms with E-state index in [2.05, 4.69) is 10.1 Å². The van der Waals surface area contributed by atoms with Crippen LogP contribution in [0.1, 0.15) is 28.4 Å². The number of amides is 1. The van der Waals surface area contributed by atoms with Gasteiger partial charge in [0.2, 0.25) is 0 Å². The first kappa shape index (κ1) is 21.8. The van der Waals surface area contributed by atoms with Crippen LogP contribution < -0.4 is 5.32 Å². The number of ether oxygens (including phenoxy) is 2. The van der Waals surface area contributed by atoms with Crippen LogP contribution in [0.3, 0.4) is 0 Å². The van der Waals surface area contributed by atoms with Gasteiger partial charge in [-0.3, -0.25) is 4.79 Å². The second-order valence-corrected chi connectivity index (χ2v) is 6.19. The molecule has 0 aliphatic carbocycles. The first-order valence-corrected chi connectivity index (χ1v) is 8.98. The average Bonchev–Trinajstić information content (AvgIpc) is 2.73. The Kier molecular flexibility index (Phi) is 8.09. The van der Waals surface area contributed by atoms with Gasteiger partial charge in [0, 0.05) is 12.6 Å². The van der Waals surface area contributed by atoms with Gasteiger partial charge in [-0.2, -0.15) is 0 Å². The standard InChI is InChI=1S/C22H22FNO5/c1-15(21(26)24-14-13-17-5-10-19(23)11-6-17)29-20(25)12-7-16-3-8-18(9-4-16)22(27)28-2/h3-12,15H,13-14H2,1-2H3,(H,24,26)/b12-7+/t15-/m1/s1. The first-order valence-electron chi connectivity index (χ1n) is 8.98. The summed E-state index contributed by atoms with van der Waals surface area (Å²) in [5.74, 6) is -1.84. The molecule has 0 saturated heterocycles. The minimum absolute atomic E-state index is 0.314. The van der Waals surface area contributed by atoms with Crippen LogP contribution in [0.2, 0.25) is 0 Å².